The number of pyridine rings is 1. The third kappa shape index (κ3) is 6.17. The summed E-state index contributed by atoms with van der Waals surface area (Å²) in [7, 11) is -4.66. The number of benzene rings is 2. The molecule has 0 aliphatic carbocycles. The van der Waals surface area contributed by atoms with E-state index in [1.54, 1.807) is 12.1 Å². The zero-order valence-electron chi connectivity index (χ0n) is 21.9. The van der Waals surface area contributed by atoms with Gasteiger partial charge < -0.3 is 15.5 Å². The highest BCUT2D eigenvalue weighted by Crippen LogP contribution is 2.51. The quantitative estimate of drug-likeness (QED) is 0.318. The van der Waals surface area contributed by atoms with Gasteiger partial charge in [-0.3, -0.25) is 14.1 Å². The number of alkyl halides is 6. The smallest absolute Gasteiger partial charge is 0.394 e. The summed E-state index contributed by atoms with van der Waals surface area (Å²) in [5.74, 6) is -1.50. The Labute approximate surface area is 240 Å². The fourth-order valence-electron chi connectivity index (χ4n) is 4.86. The van der Waals surface area contributed by atoms with Gasteiger partial charge in [0.05, 0.1) is 29.3 Å². The number of hydrogen-bond acceptors (Lipinski definition) is 6. The van der Waals surface area contributed by atoms with Crippen LogP contribution < -0.4 is 9.62 Å². The van der Waals surface area contributed by atoms with Gasteiger partial charge in [-0.25, -0.2) is 12.8 Å². The highest BCUT2D eigenvalue weighted by atomic mass is 32.2. The molecule has 16 heteroatoms. The molecule has 8 nitrogen and oxygen atoms in total. The molecule has 232 valence electrons. The molecule has 0 bridgehead atoms. The average Bonchev–Trinajstić information content (AvgIpc) is 2.94. The summed E-state index contributed by atoms with van der Waals surface area (Å²) in [6.07, 6.45) is -10.5. The van der Waals surface area contributed by atoms with Gasteiger partial charge in [-0.05, 0) is 60.4 Å². The van der Waals surface area contributed by atoms with Gasteiger partial charge in [0.1, 0.15) is 5.82 Å². The minimum atomic E-state index is -6.16. The average molecular weight is 636 g/mol. The van der Waals surface area contributed by atoms with E-state index < -0.39 is 75.3 Å². The van der Waals surface area contributed by atoms with Gasteiger partial charge >= 0.3 is 12.4 Å². The zero-order valence-corrected chi connectivity index (χ0v) is 22.7. The van der Waals surface area contributed by atoms with Crippen LogP contribution in [0.4, 0.5) is 36.4 Å². The molecular formula is C27H24F7N3O5S. The number of halogens is 7. The van der Waals surface area contributed by atoms with Crippen LogP contribution in [0.5, 0.6) is 0 Å². The standard InChI is InChI=1S/C27H24F7N3O5S/c28-19-5-8-21(9-6-19)43(41,42)37-20(13-24(39)36-22(15-38)17-2-1-11-35-14-17)7-3-16-12-18(4-10-23(16)37)25(40,26(29,30)31)27(32,33)34/h1-2,4-6,8-12,14,20,22,38,40H,3,7,13,15H2,(H,36,39)/t20-,22?/m0/s1. The lowest BCUT2D eigenvalue weighted by molar-refractivity contribution is -0.376. The lowest BCUT2D eigenvalue weighted by Gasteiger charge is -2.39. The van der Waals surface area contributed by atoms with E-state index in [0.29, 0.717) is 28.1 Å². The molecule has 0 saturated heterocycles. The summed E-state index contributed by atoms with van der Waals surface area (Å²) in [6.45, 7) is -0.535. The Balaban J connectivity index is 1.76. The summed E-state index contributed by atoms with van der Waals surface area (Å²) in [5.41, 5.74) is -6.95. The van der Waals surface area contributed by atoms with E-state index in [-0.39, 0.29) is 24.1 Å². The van der Waals surface area contributed by atoms with Crippen molar-refractivity contribution in [3.05, 3.63) is 89.5 Å². The first-order valence-electron chi connectivity index (χ1n) is 12.6. The van der Waals surface area contributed by atoms with E-state index in [1.165, 1.54) is 12.4 Å². The Morgan fingerprint density at radius 1 is 1.05 bits per heavy atom. The number of aliphatic hydroxyl groups excluding tert-OH is 1. The van der Waals surface area contributed by atoms with Crippen molar-refractivity contribution in [3.63, 3.8) is 0 Å². The summed E-state index contributed by atoms with van der Waals surface area (Å²) in [4.78, 5) is 16.5. The zero-order chi connectivity index (χ0) is 31.8. The predicted octanol–water partition coefficient (Wildman–Crippen LogP) is 4.28. The molecule has 0 spiro atoms. The molecule has 2 aromatic carbocycles. The molecule has 2 atom stereocenters. The van der Waals surface area contributed by atoms with E-state index in [0.717, 1.165) is 24.3 Å². The maximum absolute atomic E-state index is 13.8. The Kier molecular flexibility index (Phi) is 8.77. The van der Waals surface area contributed by atoms with Crippen molar-refractivity contribution >= 4 is 21.6 Å². The van der Waals surface area contributed by atoms with Crippen LogP contribution in [0.2, 0.25) is 0 Å². The first kappa shape index (κ1) is 32.2. The topological polar surface area (TPSA) is 120 Å². The minimum Gasteiger partial charge on any atom is -0.394 e. The van der Waals surface area contributed by atoms with Crippen molar-refractivity contribution < 1.29 is 54.2 Å². The van der Waals surface area contributed by atoms with Crippen LogP contribution in [0, 0.1) is 5.82 Å². The molecule has 0 saturated carbocycles. The Morgan fingerprint density at radius 2 is 1.70 bits per heavy atom. The number of rotatable bonds is 8. The molecule has 1 aliphatic heterocycles. The molecule has 3 aromatic rings. The number of carbonyl (C=O) groups is 1. The first-order valence-corrected chi connectivity index (χ1v) is 14.0. The number of amides is 1. The molecule has 1 amide bonds. The molecule has 4 rings (SSSR count). The highest BCUT2D eigenvalue weighted by Gasteiger charge is 2.71. The van der Waals surface area contributed by atoms with E-state index in [1.807, 2.05) is 0 Å². The fourth-order valence-corrected chi connectivity index (χ4v) is 6.58. The van der Waals surface area contributed by atoms with Gasteiger partial charge in [-0.15, -0.1) is 0 Å². The Bertz CT molecular complexity index is 1550. The summed E-state index contributed by atoms with van der Waals surface area (Å²) >= 11 is 0. The molecule has 2 heterocycles. The molecular weight excluding hydrogens is 611 g/mol. The van der Waals surface area contributed by atoms with E-state index in [4.69, 9.17) is 0 Å². The number of carbonyl (C=O) groups excluding carboxylic acids is 1. The number of hydrogen-bond donors (Lipinski definition) is 3. The number of aryl methyl sites for hydroxylation is 1. The van der Waals surface area contributed by atoms with Gasteiger partial charge in [-0.1, -0.05) is 18.2 Å². The number of sulfonamides is 1. The van der Waals surface area contributed by atoms with Gasteiger partial charge in [-0.2, -0.15) is 26.3 Å². The third-order valence-electron chi connectivity index (χ3n) is 7.03. The monoisotopic (exact) mass is 635 g/mol. The molecule has 43 heavy (non-hydrogen) atoms. The molecule has 1 unspecified atom stereocenters. The van der Waals surface area contributed by atoms with Crippen LogP contribution in [-0.4, -0.2) is 54.5 Å². The van der Waals surface area contributed by atoms with Crippen LogP contribution in [0.3, 0.4) is 0 Å². The third-order valence-corrected chi connectivity index (χ3v) is 8.91. The van der Waals surface area contributed by atoms with Gasteiger partial charge in [0.2, 0.25) is 5.91 Å². The van der Waals surface area contributed by atoms with Crippen LogP contribution in [-0.2, 0) is 26.8 Å². The van der Waals surface area contributed by atoms with E-state index in [2.05, 4.69) is 10.3 Å². The molecule has 1 aromatic heterocycles. The SMILES string of the molecule is O=C(C[C@@H]1CCc2cc(C(O)(C(F)(F)F)C(F)(F)F)ccc2N1S(=O)(=O)c1ccc(F)cc1)NC(CO)c1cccnc1. The van der Waals surface area contributed by atoms with Crippen LogP contribution in [0.15, 0.2) is 71.9 Å². The number of nitrogens with zero attached hydrogens (tertiary/aromatic N) is 2. The second-order valence-electron chi connectivity index (χ2n) is 9.79. The van der Waals surface area contributed by atoms with Crippen LogP contribution in [0.1, 0.15) is 35.6 Å². The van der Waals surface area contributed by atoms with Crippen molar-refractivity contribution in [1.29, 1.82) is 0 Å². The number of nitrogens with one attached hydrogen (secondary N) is 1. The van der Waals surface area contributed by atoms with Crippen molar-refractivity contribution in [2.24, 2.45) is 0 Å². The second kappa shape index (κ2) is 11.7. The minimum absolute atomic E-state index is 0.225. The Morgan fingerprint density at radius 3 is 2.26 bits per heavy atom. The lowest BCUT2D eigenvalue weighted by Crippen LogP contribution is -2.54. The van der Waals surface area contributed by atoms with Gasteiger partial charge in [0.15, 0.2) is 0 Å². The van der Waals surface area contributed by atoms with Gasteiger partial charge in [0.25, 0.3) is 15.6 Å². The first-order chi connectivity index (χ1) is 20.0. The Hall–Kier alpha value is -3.76. The second-order valence-corrected chi connectivity index (χ2v) is 11.6. The summed E-state index contributed by atoms with van der Waals surface area (Å²) in [6, 6.07) is 6.01. The highest BCUT2D eigenvalue weighted by molar-refractivity contribution is 7.92. The number of aromatic nitrogens is 1. The number of fused-ring (bicyclic) bond motifs is 1. The van der Waals surface area contributed by atoms with Crippen molar-refractivity contribution in [3.8, 4) is 0 Å². The molecule has 3 N–H and O–H groups in total. The largest absolute Gasteiger partial charge is 0.430 e. The fraction of sp³-hybridized carbons (Fsp3) is 0.333. The van der Waals surface area contributed by atoms with E-state index >= 15 is 0 Å². The lowest BCUT2D eigenvalue weighted by atomic mass is 9.87. The molecule has 0 radical (unpaired) electrons. The molecule has 1 aliphatic rings. The number of anilines is 1. The number of aliphatic hydroxyl groups is 2. The summed E-state index contributed by atoms with van der Waals surface area (Å²) < 4.78 is 123. The maximum atomic E-state index is 13.8. The maximum Gasteiger partial charge on any atom is 0.430 e. The van der Waals surface area contributed by atoms with Crippen LogP contribution in [0.25, 0.3) is 0 Å². The van der Waals surface area contributed by atoms with Crippen molar-refractivity contribution in [1.82, 2.24) is 10.3 Å². The normalized spacial score (nSPS) is 16.9. The van der Waals surface area contributed by atoms with Crippen molar-refractivity contribution in [2.75, 3.05) is 10.9 Å². The predicted molar refractivity (Wildman–Crippen MR) is 137 cm³/mol. The van der Waals surface area contributed by atoms with Gasteiger partial charge in [0, 0.05) is 24.4 Å². The van der Waals surface area contributed by atoms with Crippen LogP contribution >= 0.6 is 0 Å². The summed E-state index contributed by atoms with van der Waals surface area (Å²) in [5, 5.41) is 22.2. The van der Waals surface area contributed by atoms with E-state index in [9.17, 15) is 54.2 Å². The van der Waals surface area contributed by atoms with Crippen molar-refractivity contribution in [2.45, 2.75) is 54.2 Å². The molecule has 0 fully saturated rings.